The van der Waals surface area contributed by atoms with Crippen LogP contribution in [0.2, 0.25) is 0 Å². The Morgan fingerprint density at radius 3 is 2.36 bits per heavy atom. The van der Waals surface area contributed by atoms with Gasteiger partial charge >= 0.3 is 16.3 Å². The van der Waals surface area contributed by atoms with Gasteiger partial charge in [-0.25, -0.2) is 0 Å². The molecule has 0 aliphatic heterocycles. The fourth-order valence-electron chi connectivity index (χ4n) is 0.826. The highest BCUT2D eigenvalue weighted by Crippen LogP contribution is 2.08. The summed E-state index contributed by atoms with van der Waals surface area (Å²) in [5, 5.41) is 0. The largest absolute Gasteiger partial charge is 0.409 e. The zero-order chi connectivity index (χ0) is 10.6. The van der Waals surface area contributed by atoms with E-state index in [4.69, 9.17) is 0 Å². The number of hydrogen-bond donors (Lipinski definition) is 1. The van der Waals surface area contributed by atoms with Gasteiger partial charge in [0.2, 0.25) is 0 Å². The maximum atomic E-state index is 11.1. The Balaban J connectivity index is 2.74. The first-order valence-corrected chi connectivity index (χ1v) is 5.18. The van der Waals surface area contributed by atoms with Crippen LogP contribution < -0.4 is 4.72 Å². The van der Waals surface area contributed by atoms with Crippen LogP contribution in [0, 0.1) is 0 Å². The van der Waals surface area contributed by atoms with Gasteiger partial charge in [-0.1, -0.05) is 18.2 Å². The maximum Gasteiger partial charge on any atom is 0.409 e. The summed E-state index contributed by atoms with van der Waals surface area (Å²) in [6, 6.07) is 8.14. The normalized spacial score (nSPS) is 10.6. The number of benzene rings is 1. The van der Waals surface area contributed by atoms with Gasteiger partial charge in [0.05, 0.1) is 5.69 Å². The smallest absolute Gasteiger partial charge is 0.330 e. The summed E-state index contributed by atoms with van der Waals surface area (Å²) in [6.45, 7) is 1.02. The summed E-state index contributed by atoms with van der Waals surface area (Å²) in [4.78, 5) is 10.4. The molecule has 1 N–H and O–H groups in total. The van der Waals surface area contributed by atoms with Crippen molar-refractivity contribution in [3.05, 3.63) is 30.3 Å². The van der Waals surface area contributed by atoms with E-state index in [0.717, 1.165) is 6.92 Å². The summed E-state index contributed by atoms with van der Waals surface area (Å²) < 4.78 is 28.3. The Morgan fingerprint density at radius 1 is 1.29 bits per heavy atom. The minimum Gasteiger partial charge on any atom is -0.330 e. The van der Waals surface area contributed by atoms with E-state index in [1.165, 1.54) is 0 Å². The molecular weight excluding hydrogens is 206 g/mol. The molecule has 5 nitrogen and oxygen atoms in total. The van der Waals surface area contributed by atoms with Crippen LogP contribution in [-0.2, 0) is 19.3 Å². The van der Waals surface area contributed by atoms with E-state index >= 15 is 0 Å². The van der Waals surface area contributed by atoms with Crippen molar-refractivity contribution in [1.29, 1.82) is 0 Å². The molecule has 14 heavy (non-hydrogen) atoms. The highest BCUT2D eigenvalue weighted by molar-refractivity contribution is 7.88. The number of anilines is 1. The van der Waals surface area contributed by atoms with Crippen LogP contribution in [0.25, 0.3) is 0 Å². The zero-order valence-corrected chi connectivity index (χ0v) is 8.24. The van der Waals surface area contributed by atoms with E-state index in [1.54, 1.807) is 30.3 Å². The average molecular weight is 215 g/mol. The summed E-state index contributed by atoms with van der Waals surface area (Å²) in [5.74, 6) is -0.881. The Bertz CT molecular complexity index is 412. The van der Waals surface area contributed by atoms with Gasteiger partial charge in [-0.15, -0.1) is 0 Å². The average Bonchev–Trinajstić information content (AvgIpc) is 2.02. The van der Waals surface area contributed by atoms with Gasteiger partial charge in [0.25, 0.3) is 0 Å². The van der Waals surface area contributed by atoms with Crippen molar-refractivity contribution in [1.82, 2.24) is 0 Å². The summed E-state index contributed by atoms with van der Waals surface area (Å²) in [5.41, 5.74) is 0.341. The third kappa shape index (κ3) is 3.44. The predicted octanol–water partition coefficient (Wildman–Crippen LogP) is 0.906. The maximum absolute atomic E-state index is 11.1. The van der Waals surface area contributed by atoms with Crippen LogP contribution in [-0.4, -0.2) is 14.4 Å². The third-order valence-corrected chi connectivity index (χ3v) is 2.18. The van der Waals surface area contributed by atoms with Gasteiger partial charge in [-0.3, -0.25) is 9.52 Å². The summed E-state index contributed by atoms with van der Waals surface area (Å²) in [6.07, 6.45) is 0. The number of para-hydroxylation sites is 1. The molecule has 1 aromatic carbocycles. The number of hydrogen-bond acceptors (Lipinski definition) is 4. The number of nitrogens with one attached hydrogen (secondary N) is 1. The molecule has 6 heteroatoms. The highest BCUT2D eigenvalue weighted by Gasteiger charge is 2.13. The Hall–Kier alpha value is -1.56. The van der Waals surface area contributed by atoms with Crippen LogP contribution in [0.1, 0.15) is 6.92 Å². The van der Waals surface area contributed by atoms with E-state index in [2.05, 4.69) is 8.91 Å². The van der Waals surface area contributed by atoms with Crippen LogP contribution in [0.5, 0.6) is 0 Å². The van der Waals surface area contributed by atoms with Crippen LogP contribution in [0.3, 0.4) is 0 Å². The van der Waals surface area contributed by atoms with Gasteiger partial charge in [-0.2, -0.15) is 8.42 Å². The van der Waals surface area contributed by atoms with Gasteiger partial charge in [0.1, 0.15) is 0 Å². The van der Waals surface area contributed by atoms with Crippen molar-refractivity contribution in [2.75, 3.05) is 4.72 Å². The molecule has 1 aromatic rings. The van der Waals surface area contributed by atoms with E-state index in [-0.39, 0.29) is 0 Å². The Labute approximate surface area is 82.0 Å². The molecule has 0 radical (unpaired) electrons. The van der Waals surface area contributed by atoms with Gasteiger partial charge in [0, 0.05) is 6.92 Å². The lowest BCUT2D eigenvalue weighted by Gasteiger charge is -2.05. The second-order valence-corrected chi connectivity index (χ2v) is 3.78. The van der Waals surface area contributed by atoms with Crippen molar-refractivity contribution < 1.29 is 17.4 Å². The lowest BCUT2D eigenvalue weighted by molar-refractivity contribution is -0.131. The molecule has 0 aliphatic carbocycles. The van der Waals surface area contributed by atoms with Crippen molar-refractivity contribution >= 4 is 22.0 Å². The van der Waals surface area contributed by atoms with E-state index in [1.807, 2.05) is 0 Å². The van der Waals surface area contributed by atoms with Crippen LogP contribution in [0.15, 0.2) is 30.3 Å². The second-order valence-electron chi connectivity index (χ2n) is 2.50. The summed E-state index contributed by atoms with van der Waals surface area (Å²) in [7, 11) is -4.03. The van der Waals surface area contributed by atoms with Gasteiger partial charge < -0.3 is 4.18 Å². The quantitative estimate of drug-likeness (QED) is 0.813. The minimum atomic E-state index is -4.03. The fourth-order valence-corrected chi connectivity index (χ4v) is 1.60. The molecule has 0 unspecified atom stereocenters. The molecule has 1 rings (SSSR count). The Morgan fingerprint density at radius 2 is 1.86 bits per heavy atom. The molecule has 0 spiro atoms. The van der Waals surface area contributed by atoms with Gasteiger partial charge in [-0.05, 0) is 12.1 Å². The molecule has 0 amide bonds. The first-order valence-electron chi connectivity index (χ1n) is 3.77. The molecular formula is C8H9NO4S. The zero-order valence-electron chi connectivity index (χ0n) is 7.43. The topological polar surface area (TPSA) is 72.5 Å². The van der Waals surface area contributed by atoms with Crippen molar-refractivity contribution in [3.8, 4) is 0 Å². The van der Waals surface area contributed by atoms with Crippen molar-refractivity contribution in [2.24, 2.45) is 0 Å². The van der Waals surface area contributed by atoms with Crippen molar-refractivity contribution in [3.63, 3.8) is 0 Å². The first kappa shape index (κ1) is 10.5. The fraction of sp³-hybridized carbons (Fsp3) is 0.125. The van der Waals surface area contributed by atoms with E-state index in [0.29, 0.717) is 5.69 Å². The minimum absolute atomic E-state index is 0.341. The molecule has 0 bridgehead atoms. The molecule has 0 heterocycles. The summed E-state index contributed by atoms with van der Waals surface area (Å²) >= 11 is 0. The Kier molecular flexibility index (Phi) is 3.08. The molecule has 76 valence electrons. The molecule has 0 atom stereocenters. The van der Waals surface area contributed by atoms with Crippen LogP contribution in [0.4, 0.5) is 5.69 Å². The molecule has 0 aromatic heterocycles. The standard InChI is InChI=1S/C8H9NO4S/c1-7(10)13-14(11,12)9-8-5-3-2-4-6-8/h2-6,9H,1H3. The van der Waals surface area contributed by atoms with Crippen molar-refractivity contribution in [2.45, 2.75) is 6.92 Å². The molecule has 0 fully saturated rings. The highest BCUT2D eigenvalue weighted by atomic mass is 32.2. The van der Waals surface area contributed by atoms with E-state index in [9.17, 15) is 13.2 Å². The lowest BCUT2D eigenvalue weighted by Crippen LogP contribution is -2.18. The number of carbonyl (C=O) groups is 1. The first-order chi connectivity index (χ1) is 6.49. The van der Waals surface area contributed by atoms with Crippen LogP contribution >= 0.6 is 0 Å². The molecule has 0 saturated heterocycles. The molecule has 0 aliphatic rings. The van der Waals surface area contributed by atoms with E-state index < -0.39 is 16.3 Å². The third-order valence-electron chi connectivity index (χ3n) is 1.24. The number of rotatable bonds is 3. The predicted molar refractivity (Wildman–Crippen MR) is 50.8 cm³/mol. The lowest BCUT2D eigenvalue weighted by atomic mass is 10.3. The van der Waals surface area contributed by atoms with Gasteiger partial charge in [0.15, 0.2) is 0 Å². The molecule has 0 saturated carbocycles. The SMILES string of the molecule is CC(=O)OS(=O)(=O)Nc1ccccc1. The number of carbonyl (C=O) groups excluding carboxylic acids is 1. The second kappa shape index (κ2) is 4.10. The monoisotopic (exact) mass is 215 g/mol.